The molecule has 1 aromatic carbocycles. The molecule has 1 aliphatic rings. The Morgan fingerprint density at radius 3 is 2.42 bits per heavy atom. The minimum Gasteiger partial charge on any atom is -0.481 e. The summed E-state index contributed by atoms with van der Waals surface area (Å²) in [5.41, 5.74) is 2.42. The Bertz CT molecular complexity index is 703. The van der Waals surface area contributed by atoms with Gasteiger partial charge in [0.15, 0.2) is 5.78 Å². The van der Waals surface area contributed by atoms with Crippen molar-refractivity contribution >= 4 is 29.4 Å². The SMILES string of the molecule is CC(C)[C@H]1CC[C@H](C)/C(=C/c2ccc(NC(=O)CCC(=O)O)cc2)C1=O. The van der Waals surface area contributed by atoms with E-state index < -0.39 is 5.97 Å². The van der Waals surface area contributed by atoms with Gasteiger partial charge in [0.2, 0.25) is 5.91 Å². The van der Waals surface area contributed by atoms with Crippen LogP contribution < -0.4 is 5.32 Å². The maximum Gasteiger partial charge on any atom is 0.303 e. The summed E-state index contributed by atoms with van der Waals surface area (Å²) in [7, 11) is 0. The van der Waals surface area contributed by atoms with E-state index in [1.54, 1.807) is 12.1 Å². The summed E-state index contributed by atoms with van der Waals surface area (Å²) >= 11 is 0. The zero-order chi connectivity index (χ0) is 19.3. The van der Waals surface area contributed by atoms with Crippen molar-refractivity contribution < 1.29 is 19.5 Å². The molecule has 1 amide bonds. The predicted octanol–water partition coefficient (Wildman–Crippen LogP) is 4.14. The van der Waals surface area contributed by atoms with Gasteiger partial charge in [-0.15, -0.1) is 0 Å². The zero-order valence-corrected chi connectivity index (χ0v) is 15.6. The lowest BCUT2D eigenvalue weighted by Gasteiger charge is -2.30. The number of nitrogens with one attached hydrogen (secondary N) is 1. The van der Waals surface area contributed by atoms with Gasteiger partial charge in [0.25, 0.3) is 0 Å². The van der Waals surface area contributed by atoms with Gasteiger partial charge in [-0.25, -0.2) is 0 Å². The van der Waals surface area contributed by atoms with Crippen LogP contribution in [0, 0.1) is 17.8 Å². The fourth-order valence-electron chi connectivity index (χ4n) is 3.31. The number of amides is 1. The van der Waals surface area contributed by atoms with Gasteiger partial charge in [0, 0.05) is 18.0 Å². The lowest BCUT2D eigenvalue weighted by Crippen LogP contribution is -2.30. The van der Waals surface area contributed by atoms with Crippen LogP contribution in [-0.2, 0) is 14.4 Å². The molecule has 0 saturated heterocycles. The number of carbonyl (C=O) groups is 3. The highest BCUT2D eigenvalue weighted by Crippen LogP contribution is 2.35. The highest BCUT2D eigenvalue weighted by Gasteiger charge is 2.32. The molecule has 26 heavy (non-hydrogen) atoms. The third-order valence-electron chi connectivity index (χ3n) is 4.95. The minimum absolute atomic E-state index is 0.0518. The number of carboxylic acid groups (broad SMARTS) is 1. The number of carboxylic acids is 1. The molecular formula is C21H27NO4. The molecule has 0 heterocycles. The Kier molecular flexibility index (Phi) is 6.72. The van der Waals surface area contributed by atoms with E-state index in [2.05, 4.69) is 26.1 Å². The van der Waals surface area contributed by atoms with Crippen LogP contribution in [0.2, 0.25) is 0 Å². The fraction of sp³-hybridized carbons (Fsp3) is 0.476. The normalized spacial score (nSPS) is 21.8. The van der Waals surface area contributed by atoms with Crippen molar-refractivity contribution in [1.82, 2.24) is 0 Å². The van der Waals surface area contributed by atoms with E-state index in [4.69, 9.17) is 5.11 Å². The number of Topliss-reactive ketones (excluding diaryl/α,β-unsaturated/α-hetero) is 1. The lowest BCUT2D eigenvalue weighted by atomic mass is 9.73. The number of hydrogen-bond donors (Lipinski definition) is 2. The summed E-state index contributed by atoms with van der Waals surface area (Å²) in [4.78, 5) is 34.9. The molecule has 2 rings (SSSR count). The van der Waals surface area contributed by atoms with Crippen LogP contribution in [-0.4, -0.2) is 22.8 Å². The molecule has 2 N–H and O–H groups in total. The van der Waals surface area contributed by atoms with Crippen LogP contribution in [0.25, 0.3) is 6.08 Å². The molecule has 1 saturated carbocycles. The highest BCUT2D eigenvalue weighted by atomic mass is 16.4. The van der Waals surface area contributed by atoms with Gasteiger partial charge in [0.05, 0.1) is 6.42 Å². The van der Waals surface area contributed by atoms with Crippen molar-refractivity contribution in [2.75, 3.05) is 5.32 Å². The van der Waals surface area contributed by atoms with Gasteiger partial charge in [-0.3, -0.25) is 14.4 Å². The maximum absolute atomic E-state index is 12.7. The maximum atomic E-state index is 12.7. The molecule has 5 heteroatoms. The van der Waals surface area contributed by atoms with Gasteiger partial charge in [0.1, 0.15) is 0 Å². The summed E-state index contributed by atoms with van der Waals surface area (Å²) in [5, 5.41) is 11.3. The average Bonchev–Trinajstić information content (AvgIpc) is 2.58. The first-order valence-electron chi connectivity index (χ1n) is 9.15. The number of carbonyl (C=O) groups excluding carboxylic acids is 2. The summed E-state index contributed by atoms with van der Waals surface area (Å²) < 4.78 is 0. The molecule has 1 aliphatic carbocycles. The number of allylic oxidation sites excluding steroid dienone is 1. The molecule has 0 aromatic heterocycles. The van der Waals surface area contributed by atoms with Crippen LogP contribution in [0.4, 0.5) is 5.69 Å². The first-order chi connectivity index (χ1) is 12.3. The van der Waals surface area contributed by atoms with E-state index in [-0.39, 0.29) is 36.4 Å². The van der Waals surface area contributed by atoms with Crippen molar-refractivity contribution in [3.63, 3.8) is 0 Å². The van der Waals surface area contributed by atoms with Crippen LogP contribution in [0.15, 0.2) is 29.8 Å². The second-order valence-corrected chi connectivity index (χ2v) is 7.36. The number of ketones is 1. The molecule has 5 nitrogen and oxygen atoms in total. The zero-order valence-electron chi connectivity index (χ0n) is 15.6. The quantitative estimate of drug-likeness (QED) is 0.749. The number of hydrogen-bond acceptors (Lipinski definition) is 3. The molecular weight excluding hydrogens is 330 g/mol. The number of benzene rings is 1. The van der Waals surface area contributed by atoms with Gasteiger partial charge in [-0.05, 0) is 54.0 Å². The first-order valence-corrected chi connectivity index (χ1v) is 9.15. The number of rotatable bonds is 6. The van der Waals surface area contributed by atoms with Crippen molar-refractivity contribution in [3.8, 4) is 0 Å². The summed E-state index contributed by atoms with van der Waals surface area (Å²) in [6.45, 7) is 6.29. The number of aliphatic carboxylic acids is 1. The smallest absolute Gasteiger partial charge is 0.303 e. The summed E-state index contributed by atoms with van der Waals surface area (Å²) in [6.07, 6.45) is 3.70. The summed E-state index contributed by atoms with van der Waals surface area (Å²) in [6, 6.07) is 7.25. The number of anilines is 1. The van der Waals surface area contributed by atoms with Gasteiger partial charge < -0.3 is 10.4 Å². The van der Waals surface area contributed by atoms with E-state index >= 15 is 0 Å². The van der Waals surface area contributed by atoms with Crippen molar-refractivity contribution in [2.24, 2.45) is 17.8 Å². The molecule has 1 fully saturated rings. The third-order valence-corrected chi connectivity index (χ3v) is 4.95. The van der Waals surface area contributed by atoms with Crippen molar-refractivity contribution in [2.45, 2.75) is 46.5 Å². The molecule has 140 valence electrons. The first kappa shape index (κ1) is 19.9. The van der Waals surface area contributed by atoms with E-state index in [1.165, 1.54) is 0 Å². The Labute approximate surface area is 154 Å². The molecule has 0 radical (unpaired) electrons. The van der Waals surface area contributed by atoms with Crippen LogP contribution in [0.3, 0.4) is 0 Å². The standard InChI is InChI=1S/C21H27NO4/c1-13(2)17-9-4-14(3)18(21(17)26)12-15-5-7-16(8-6-15)22-19(23)10-11-20(24)25/h5-8,12-14,17H,4,9-11H2,1-3H3,(H,22,23)(H,24,25)/b18-12-/t14-,17+/m0/s1. The van der Waals surface area contributed by atoms with Gasteiger partial charge >= 0.3 is 5.97 Å². The lowest BCUT2D eigenvalue weighted by molar-refractivity contribution is -0.138. The average molecular weight is 357 g/mol. The Morgan fingerprint density at radius 1 is 1.19 bits per heavy atom. The van der Waals surface area contributed by atoms with Crippen LogP contribution in [0.1, 0.15) is 52.0 Å². The van der Waals surface area contributed by atoms with E-state index in [0.717, 1.165) is 24.0 Å². The van der Waals surface area contributed by atoms with E-state index in [1.807, 2.05) is 18.2 Å². The molecule has 1 aromatic rings. The minimum atomic E-state index is -0.993. The van der Waals surface area contributed by atoms with E-state index in [9.17, 15) is 14.4 Å². The Hall–Kier alpha value is -2.43. The summed E-state index contributed by atoms with van der Waals surface area (Å²) in [5.74, 6) is -0.354. The van der Waals surface area contributed by atoms with Crippen LogP contribution >= 0.6 is 0 Å². The Morgan fingerprint density at radius 2 is 1.85 bits per heavy atom. The molecule has 0 bridgehead atoms. The van der Waals surface area contributed by atoms with Crippen LogP contribution in [0.5, 0.6) is 0 Å². The van der Waals surface area contributed by atoms with Crippen molar-refractivity contribution in [1.29, 1.82) is 0 Å². The van der Waals surface area contributed by atoms with Gasteiger partial charge in [-0.1, -0.05) is 32.9 Å². The van der Waals surface area contributed by atoms with Crippen molar-refractivity contribution in [3.05, 3.63) is 35.4 Å². The Balaban J connectivity index is 2.07. The van der Waals surface area contributed by atoms with E-state index in [0.29, 0.717) is 11.6 Å². The monoisotopic (exact) mass is 357 g/mol. The third kappa shape index (κ3) is 5.28. The second kappa shape index (κ2) is 8.79. The fourth-order valence-corrected chi connectivity index (χ4v) is 3.31. The topological polar surface area (TPSA) is 83.5 Å². The molecule has 0 aliphatic heterocycles. The predicted molar refractivity (Wildman–Crippen MR) is 102 cm³/mol. The molecule has 2 atom stereocenters. The molecule has 0 unspecified atom stereocenters. The second-order valence-electron chi connectivity index (χ2n) is 7.36. The highest BCUT2D eigenvalue weighted by molar-refractivity contribution is 6.02. The molecule has 0 spiro atoms. The van der Waals surface area contributed by atoms with Gasteiger partial charge in [-0.2, -0.15) is 0 Å². The largest absolute Gasteiger partial charge is 0.481 e.